The molecule has 0 heterocycles. The number of ether oxygens (including phenoxy) is 2. The minimum atomic E-state index is -0.690. The number of hydrogen-bond acceptors (Lipinski definition) is 6. The van der Waals surface area contributed by atoms with Crippen LogP contribution in [-0.4, -0.2) is 30.5 Å². The van der Waals surface area contributed by atoms with E-state index in [4.69, 9.17) is 9.47 Å². The summed E-state index contributed by atoms with van der Waals surface area (Å²) in [5, 5.41) is 13.8. The first kappa shape index (κ1) is 21.4. The lowest BCUT2D eigenvalue weighted by molar-refractivity contribution is -0.385. The highest BCUT2D eigenvalue weighted by Gasteiger charge is 2.22. The van der Waals surface area contributed by atoms with E-state index in [0.29, 0.717) is 11.3 Å². The van der Waals surface area contributed by atoms with E-state index in [-0.39, 0.29) is 28.8 Å². The first-order valence-electron chi connectivity index (χ1n) is 8.40. The highest BCUT2D eigenvalue weighted by atomic mass is 79.9. The van der Waals surface area contributed by atoms with Crippen molar-refractivity contribution >= 4 is 33.5 Å². The maximum absolute atomic E-state index is 12.7. The van der Waals surface area contributed by atoms with Crippen LogP contribution in [0.5, 0.6) is 5.75 Å². The quantitative estimate of drug-likeness (QED) is 0.372. The van der Waals surface area contributed by atoms with Crippen molar-refractivity contribution < 1.29 is 24.0 Å². The average molecular weight is 451 g/mol. The summed E-state index contributed by atoms with van der Waals surface area (Å²) in [6.45, 7) is 1.91. The van der Waals surface area contributed by atoms with E-state index in [1.807, 2.05) is 0 Å². The van der Waals surface area contributed by atoms with Crippen LogP contribution >= 0.6 is 15.9 Å². The van der Waals surface area contributed by atoms with Crippen molar-refractivity contribution in [2.75, 3.05) is 13.7 Å². The van der Waals surface area contributed by atoms with E-state index < -0.39 is 22.8 Å². The molecule has 0 saturated carbocycles. The summed E-state index contributed by atoms with van der Waals surface area (Å²) >= 11 is 3.09. The maximum atomic E-state index is 12.7. The fraction of sp³-hybridized carbons (Fsp3) is 0.263. The van der Waals surface area contributed by atoms with Crippen LogP contribution in [0.25, 0.3) is 0 Å². The Morgan fingerprint density at radius 3 is 2.64 bits per heavy atom. The molecule has 28 heavy (non-hydrogen) atoms. The van der Waals surface area contributed by atoms with E-state index >= 15 is 0 Å². The Morgan fingerprint density at radius 2 is 2.00 bits per heavy atom. The van der Waals surface area contributed by atoms with Gasteiger partial charge in [-0.15, -0.1) is 0 Å². The number of halogens is 1. The Kier molecular flexibility index (Phi) is 7.51. The maximum Gasteiger partial charge on any atom is 0.308 e. The molecule has 0 fully saturated rings. The van der Waals surface area contributed by atoms with E-state index in [0.717, 1.165) is 0 Å². The van der Waals surface area contributed by atoms with Crippen molar-refractivity contribution in [2.24, 2.45) is 0 Å². The van der Waals surface area contributed by atoms with Gasteiger partial charge in [-0.2, -0.15) is 0 Å². The van der Waals surface area contributed by atoms with Crippen molar-refractivity contribution in [3.8, 4) is 5.75 Å². The van der Waals surface area contributed by atoms with Gasteiger partial charge in [0.1, 0.15) is 5.75 Å². The zero-order valence-electron chi connectivity index (χ0n) is 15.3. The van der Waals surface area contributed by atoms with Gasteiger partial charge >= 0.3 is 5.97 Å². The monoisotopic (exact) mass is 450 g/mol. The van der Waals surface area contributed by atoms with Gasteiger partial charge in [-0.1, -0.05) is 12.1 Å². The standard InChI is InChI=1S/C19H19BrN2O6/c1-3-28-18(23)11-16(12-5-4-6-14(9-12)27-2)21-19(24)13-7-8-15(20)17(10-13)22(25)26/h4-10,16H,3,11H2,1-2H3,(H,21,24). The van der Waals surface area contributed by atoms with E-state index in [2.05, 4.69) is 21.2 Å². The third-order valence-electron chi connectivity index (χ3n) is 3.88. The number of esters is 1. The van der Waals surface area contributed by atoms with E-state index in [1.165, 1.54) is 25.3 Å². The molecule has 0 bridgehead atoms. The van der Waals surface area contributed by atoms with Gasteiger partial charge in [0.2, 0.25) is 0 Å². The van der Waals surface area contributed by atoms with Crippen molar-refractivity contribution in [1.82, 2.24) is 5.32 Å². The van der Waals surface area contributed by atoms with Crippen LogP contribution < -0.4 is 10.1 Å². The molecule has 1 N–H and O–H groups in total. The number of carbonyl (C=O) groups excluding carboxylic acids is 2. The second-order valence-electron chi connectivity index (χ2n) is 5.74. The molecule has 2 aromatic rings. The van der Waals surface area contributed by atoms with Crippen LogP contribution in [0.4, 0.5) is 5.69 Å². The third-order valence-corrected chi connectivity index (χ3v) is 4.55. The third kappa shape index (κ3) is 5.53. The fourth-order valence-electron chi connectivity index (χ4n) is 2.53. The molecular weight excluding hydrogens is 432 g/mol. The zero-order valence-corrected chi connectivity index (χ0v) is 16.9. The molecule has 0 aliphatic rings. The number of nitrogens with one attached hydrogen (secondary N) is 1. The van der Waals surface area contributed by atoms with Gasteiger partial charge in [-0.05, 0) is 52.7 Å². The highest BCUT2D eigenvalue weighted by molar-refractivity contribution is 9.10. The highest BCUT2D eigenvalue weighted by Crippen LogP contribution is 2.27. The summed E-state index contributed by atoms with van der Waals surface area (Å²) in [7, 11) is 1.51. The number of hydrogen-bond donors (Lipinski definition) is 1. The molecule has 8 nitrogen and oxygen atoms in total. The van der Waals surface area contributed by atoms with Crippen LogP contribution in [0, 0.1) is 10.1 Å². The normalized spacial score (nSPS) is 11.4. The van der Waals surface area contributed by atoms with Crippen LogP contribution in [0.2, 0.25) is 0 Å². The summed E-state index contributed by atoms with van der Waals surface area (Å²) < 4.78 is 10.4. The van der Waals surface area contributed by atoms with Gasteiger partial charge < -0.3 is 14.8 Å². The van der Waals surface area contributed by atoms with Crippen LogP contribution in [0.15, 0.2) is 46.9 Å². The first-order valence-corrected chi connectivity index (χ1v) is 9.19. The Bertz CT molecular complexity index is 886. The largest absolute Gasteiger partial charge is 0.497 e. The fourth-order valence-corrected chi connectivity index (χ4v) is 2.92. The zero-order chi connectivity index (χ0) is 20.7. The Labute approximate surface area is 170 Å². The molecule has 0 radical (unpaired) electrons. The molecule has 1 amide bonds. The smallest absolute Gasteiger partial charge is 0.308 e. The molecule has 0 saturated heterocycles. The summed E-state index contributed by atoms with van der Waals surface area (Å²) in [4.78, 5) is 35.2. The number of methoxy groups -OCH3 is 1. The van der Waals surface area contributed by atoms with Crippen molar-refractivity contribution in [3.05, 3.63) is 68.2 Å². The molecule has 2 rings (SSSR count). The van der Waals surface area contributed by atoms with Gasteiger partial charge in [0.25, 0.3) is 11.6 Å². The number of nitro benzene ring substituents is 1. The SMILES string of the molecule is CCOC(=O)CC(NC(=O)c1ccc(Br)c([N+](=O)[O-])c1)c1cccc(OC)c1. The molecule has 0 aromatic heterocycles. The first-order chi connectivity index (χ1) is 13.3. The molecule has 0 aliphatic carbocycles. The van der Waals surface area contributed by atoms with Crippen molar-refractivity contribution in [1.29, 1.82) is 0 Å². The molecule has 0 spiro atoms. The van der Waals surface area contributed by atoms with E-state index in [1.54, 1.807) is 31.2 Å². The topological polar surface area (TPSA) is 108 Å². The number of benzene rings is 2. The molecule has 9 heteroatoms. The molecule has 2 aromatic carbocycles. The lowest BCUT2D eigenvalue weighted by Crippen LogP contribution is -2.30. The lowest BCUT2D eigenvalue weighted by atomic mass is 10.0. The predicted molar refractivity (Wildman–Crippen MR) is 105 cm³/mol. The number of carbonyl (C=O) groups is 2. The Morgan fingerprint density at radius 1 is 1.25 bits per heavy atom. The summed E-state index contributed by atoms with van der Waals surface area (Å²) in [6, 6.07) is 10.3. The summed E-state index contributed by atoms with van der Waals surface area (Å²) in [6.07, 6.45) is -0.0919. The molecule has 148 valence electrons. The van der Waals surface area contributed by atoms with Gasteiger partial charge in [-0.25, -0.2) is 0 Å². The average Bonchev–Trinajstić information content (AvgIpc) is 2.67. The summed E-state index contributed by atoms with van der Waals surface area (Å²) in [5.41, 5.74) is 0.523. The van der Waals surface area contributed by atoms with Crippen LogP contribution in [0.3, 0.4) is 0 Å². The summed E-state index contributed by atoms with van der Waals surface area (Å²) in [5.74, 6) is -0.454. The van der Waals surface area contributed by atoms with Crippen LogP contribution in [0.1, 0.15) is 35.3 Å². The van der Waals surface area contributed by atoms with Crippen LogP contribution in [-0.2, 0) is 9.53 Å². The van der Waals surface area contributed by atoms with Crippen molar-refractivity contribution in [3.63, 3.8) is 0 Å². The molecule has 1 unspecified atom stereocenters. The van der Waals surface area contributed by atoms with E-state index in [9.17, 15) is 19.7 Å². The molecule has 0 aliphatic heterocycles. The van der Waals surface area contributed by atoms with Gasteiger partial charge in [0, 0.05) is 11.6 Å². The second-order valence-corrected chi connectivity index (χ2v) is 6.59. The lowest BCUT2D eigenvalue weighted by Gasteiger charge is -2.19. The minimum absolute atomic E-state index is 0.0919. The Balaban J connectivity index is 2.30. The van der Waals surface area contributed by atoms with Gasteiger partial charge in [0.05, 0.1) is 35.6 Å². The number of rotatable bonds is 8. The molecule has 1 atom stereocenters. The minimum Gasteiger partial charge on any atom is -0.497 e. The van der Waals surface area contributed by atoms with Gasteiger partial charge in [0.15, 0.2) is 0 Å². The van der Waals surface area contributed by atoms with Gasteiger partial charge in [-0.3, -0.25) is 19.7 Å². The number of amides is 1. The number of nitrogens with zero attached hydrogens (tertiary/aromatic N) is 1. The second kappa shape index (κ2) is 9.84. The number of nitro groups is 1. The predicted octanol–water partition coefficient (Wildman–Crippen LogP) is 3.79. The molecular formula is C19H19BrN2O6. The Hall–Kier alpha value is -2.94. The van der Waals surface area contributed by atoms with Crippen molar-refractivity contribution in [2.45, 2.75) is 19.4 Å².